The second-order valence-corrected chi connectivity index (χ2v) is 7.32. The summed E-state index contributed by atoms with van der Waals surface area (Å²) in [6, 6.07) is 4.40. The summed E-state index contributed by atoms with van der Waals surface area (Å²) >= 11 is 3.41. The number of fused-ring (bicyclic) bond motifs is 1. The zero-order chi connectivity index (χ0) is 16.5. The van der Waals surface area contributed by atoms with E-state index in [2.05, 4.69) is 36.1 Å². The second-order valence-electron chi connectivity index (χ2n) is 6.41. The minimum absolute atomic E-state index is 0.0559. The molecular weight excluding hydrogens is 372 g/mol. The van der Waals surface area contributed by atoms with Crippen LogP contribution in [0.15, 0.2) is 29.0 Å². The first kappa shape index (κ1) is 15.9. The van der Waals surface area contributed by atoms with Crippen LogP contribution in [0.25, 0.3) is 10.9 Å². The van der Waals surface area contributed by atoms with E-state index in [1.807, 2.05) is 12.1 Å². The fraction of sp³-hybridized carbons (Fsp3) is 0.471. The fourth-order valence-corrected chi connectivity index (χ4v) is 3.61. The van der Waals surface area contributed by atoms with E-state index in [9.17, 15) is 4.79 Å². The molecule has 1 amide bonds. The summed E-state index contributed by atoms with van der Waals surface area (Å²) in [6.07, 6.45) is 5.21. The van der Waals surface area contributed by atoms with Crippen molar-refractivity contribution in [3.63, 3.8) is 0 Å². The van der Waals surface area contributed by atoms with E-state index in [0.29, 0.717) is 11.9 Å². The monoisotopic (exact) mass is 390 g/mol. The van der Waals surface area contributed by atoms with Gasteiger partial charge in [0.1, 0.15) is 5.82 Å². The summed E-state index contributed by atoms with van der Waals surface area (Å²) < 4.78 is 6.16. The van der Waals surface area contributed by atoms with E-state index in [4.69, 9.17) is 4.74 Å². The lowest BCUT2D eigenvalue weighted by Gasteiger charge is -2.41. The molecule has 0 aliphatic carbocycles. The number of nitrogens with one attached hydrogen (secondary N) is 1. The normalized spacial score (nSPS) is 20.0. The van der Waals surface area contributed by atoms with Crippen LogP contribution >= 0.6 is 15.9 Å². The van der Waals surface area contributed by atoms with Crippen LogP contribution in [0, 0.1) is 5.92 Å². The average molecular weight is 391 g/mol. The molecule has 2 aromatic heterocycles. The zero-order valence-corrected chi connectivity index (χ0v) is 14.8. The number of rotatable bonds is 3. The highest BCUT2D eigenvalue weighted by atomic mass is 79.9. The van der Waals surface area contributed by atoms with E-state index in [-0.39, 0.29) is 11.8 Å². The zero-order valence-electron chi connectivity index (χ0n) is 13.2. The molecular formula is C17H19BrN4O2. The van der Waals surface area contributed by atoms with Gasteiger partial charge in [-0.25, -0.2) is 4.98 Å². The number of hydrogen-bond acceptors (Lipinski definition) is 5. The van der Waals surface area contributed by atoms with Gasteiger partial charge < -0.3 is 10.1 Å². The van der Waals surface area contributed by atoms with E-state index in [1.165, 1.54) is 0 Å². The van der Waals surface area contributed by atoms with Crippen molar-refractivity contribution in [2.24, 2.45) is 5.92 Å². The van der Waals surface area contributed by atoms with Crippen LogP contribution in [0.1, 0.15) is 12.8 Å². The van der Waals surface area contributed by atoms with Gasteiger partial charge in [0.05, 0.1) is 31.0 Å². The standard InChI is InChI=1S/C17H19BrN4O2/c18-13-5-12-6-16(20-8-15(12)19-7-13)21-17(23)11-1-3-22(4-2-11)14-9-24-10-14/h5-8,11,14H,1-4,9-10H2,(H,20,21,23). The maximum absolute atomic E-state index is 12.5. The number of halogens is 1. The van der Waals surface area contributed by atoms with E-state index in [1.54, 1.807) is 12.4 Å². The van der Waals surface area contributed by atoms with Crippen LogP contribution in [0.2, 0.25) is 0 Å². The molecule has 2 fully saturated rings. The smallest absolute Gasteiger partial charge is 0.228 e. The number of amides is 1. The van der Waals surface area contributed by atoms with E-state index in [0.717, 1.165) is 54.5 Å². The van der Waals surface area contributed by atoms with E-state index < -0.39 is 0 Å². The number of anilines is 1. The maximum Gasteiger partial charge on any atom is 0.228 e. The van der Waals surface area contributed by atoms with Gasteiger partial charge in [-0.2, -0.15) is 0 Å². The Bertz CT molecular complexity index is 757. The summed E-state index contributed by atoms with van der Waals surface area (Å²) in [4.78, 5) is 23.5. The molecule has 0 radical (unpaired) electrons. The Morgan fingerprint density at radius 1 is 1.21 bits per heavy atom. The third-order valence-electron chi connectivity index (χ3n) is 4.82. The number of hydrogen-bond donors (Lipinski definition) is 1. The largest absolute Gasteiger partial charge is 0.378 e. The Morgan fingerprint density at radius 2 is 2.00 bits per heavy atom. The fourth-order valence-electron chi connectivity index (χ4n) is 3.26. The van der Waals surface area contributed by atoms with Crippen molar-refractivity contribution in [2.75, 3.05) is 31.6 Å². The van der Waals surface area contributed by atoms with Crippen molar-refractivity contribution in [3.8, 4) is 0 Å². The van der Waals surface area contributed by atoms with Gasteiger partial charge in [-0.3, -0.25) is 14.7 Å². The third kappa shape index (κ3) is 3.29. The van der Waals surface area contributed by atoms with Crippen molar-refractivity contribution in [3.05, 3.63) is 29.0 Å². The number of piperidine rings is 1. The predicted octanol–water partition coefficient (Wildman–Crippen LogP) is 2.44. The molecule has 126 valence electrons. The lowest BCUT2D eigenvalue weighted by atomic mass is 9.94. The van der Waals surface area contributed by atoms with E-state index >= 15 is 0 Å². The number of carbonyl (C=O) groups is 1. The molecule has 0 spiro atoms. The first-order valence-corrected chi connectivity index (χ1v) is 9.02. The number of aromatic nitrogens is 2. The van der Waals surface area contributed by atoms with Gasteiger partial charge in [-0.1, -0.05) is 0 Å². The molecule has 2 aliphatic heterocycles. The van der Waals surface area contributed by atoms with Crippen molar-refractivity contribution in [2.45, 2.75) is 18.9 Å². The summed E-state index contributed by atoms with van der Waals surface area (Å²) in [5, 5.41) is 3.91. The predicted molar refractivity (Wildman–Crippen MR) is 94.8 cm³/mol. The van der Waals surface area contributed by atoms with Gasteiger partial charge >= 0.3 is 0 Å². The SMILES string of the molecule is O=C(Nc1cc2cc(Br)cnc2cn1)C1CCN(C2COC2)CC1. The van der Waals surface area contributed by atoms with Crippen molar-refractivity contribution >= 4 is 38.6 Å². The Hall–Kier alpha value is -1.57. The summed E-state index contributed by atoms with van der Waals surface area (Å²) in [6.45, 7) is 3.60. The topological polar surface area (TPSA) is 67.4 Å². The van der Waals surface area contributed by atoms with Crippen molar-refractivity contribution < 1.29 is 9.53 Å². The Morgan fingerprint density at radius 3 is 2.71 bits per heavy atom. The molecule has 0 unspecified atom stereocenters. The molecule has 4 heterocycles. The summed E-state index contributed by atoms with van der Waals surface area (Å²) in [7, 11) is 0. The Labute approximate surface area is 148 Å². The van der Waals surface area contributed by atoms with Crippen LogP contribution < -0.4 is 5.32 Å². The van der Waals surface area contributed by atoms with Crippen molar-refractivity contribution in [1.82, 2.24) is 14.9 Å². The maximum atomic E-state index is 12.5. The molecule has 7 heteroatoms. The molecule has 2 aromatic rings. The molecule has 2 saturated heterocycles. The lowest BCUT2D eigenvalue weighted by Crippen LogP contribution is -2.52. The lowest BCUT2D eigenvalue weighted by molar-refractivity contribution is -0.123. The molecule has 0 bridgehead atoms. The highest BCUT2D eigenvalue weighted by Crippen LogP contribution is 2.24. The minimum Gasteiger partial charge on any atom is -0.378 e. The van der Waals surface area contributed by atoms with Crippen LogP contribution in [-0.2, 0) is 9.53 Å². The Kier molecular flexibility index (Phi) is 4.47. The summed E-state index contributed by atoms with van der Waals surface area (Å²) in [5.41, 5.74) is 0.812. The van der Waals surface area contributed by atoms with Gasteiger partial charge in [-0.05, 0) is 54.0 Å². The molecule has 2 aliphatic rings. The van der Waals surface area contributed by atoms with Gasteiger partial charge in [0, 0.05) is 22.0 Å². The molecule has 0 aromatic carbocycles. The molecule has 0 saturated carbocycles. The molecule has 1 N–H and O–H groups in total. The van der Waals surface area contributed by atoms with Gasteiger partial charge in [0.15, 0.2) is 0 Å². The number of nitrogens with zero attached hydrogens (tertiary/aromatic N) is 3. The van der Waals surface area contributed by atoms with Gasteiger partial charge in [0.2, 0.25) is 5.91 Å². The van der Waals surface area contributed by atoms with Gasteiger partial charge in [0.25, 0.3) is 0 Å². The Balaban J connectivity index is 1.39. The number of likely N-dealkylation sites (tertiary alicyclic amines) is 1. The average Bonchev–Trinajstić information content (AvgIpc) is 2.53. The van der Waals surface area contributed by atoms with Crippen LogP contribution in [-0.4, -0.2) is 53.1 Å². The highest BCUT2D eigenvalue weighted by Gasteiger charge is 2.32. The molecule has 6 nitrogen and oxygen atoms in total. The van der Waals surface area contributed by atoms with Gasteiger partial charge in [-0.15, -0.1) is 0 Å². The van der Waals surface area contributed by atoms with Crippen LogP contribution in [0.5, 0.6) is 0 Å². The molecule has 0 atom stereocenters. The third-order valence-corrected chi connectivity index (χ3v) is 5.26. The number of carbonyl (C=O) groups excluding carboxylic acids is 1. The quantitative estimate of drug-likeness (QED) is 0.871. The number of ether oxygens (including phenoxy) is 1. The van der Waals surface area contributed by atoms with Crippen LogP contribution in [0.4, 0.5) is 5.82 Å². The summed E-state index contributed by atoms with van der Waals surface area (Å²) in [5.74, 6) is 0.705. The minimum atomic E-state index is 0.0559. The highest BCUT2D eigenvalue weighted by molar-refractivity contribution is 9.10. The second kappa shape index (κ2) is 6.74. The number of pyridine rings is 2. The van der Waals surface area contributed by atoms with Crippen LogP contribution in [0.3, 0.4) is 0 Å². The first-order chi connectivity index (χ1) is 11.7. The van der Waals surface area contributed by atoms with Crippen molar-refractivity contribution in [1.29, 1.82) is 0 Å². The molecule has 4 rings (SSSR count). The first-order valence-electron chi connectivity index (χ1n) is 8.23. The molecule has 24 heavy (non-hydrogen) atoms.